The van der Waals surface area contributed by atoms with Crippen LogP contribution in [0.15, 0.2) is 0 Å². The topological polar surface area (TPSA) is 0 Å². The Balaban J connectivity index is 4.82. The predicted molar refractivity (Wildman–Crippen MR) is 71.9 cm³/mol. The quantitative estimate of drug-likeness (QED) is 0.470. The second-order valence-corrected chi connectivity index (χ2v) is 17.3. The number of hydrogen-bond acceptors (Lipinski definition) is 0. The van der Waals surface area contributed by atoms with E-state index in [9.17, 15) is 0 Å². The van der Waals surface area contributed by atoms with Gasteiger partial charge in [0.15, 0.2) is 0 Å². The van der Waals surface area contributed by atoms with Crippen LogP contribution in [0, 0.1) is 30.5 Å². The van der Waals surface area contributed by atoms with E-state index in [1.54, 1.807) is 0 Å². The van der Waals surface area contributed by atoms with Crippen LogP contribution in [0.2, 0.25) is 9.88 Å². The molecule has 0 unspecified atom stereocenters. The fourth-order valence-electron chi connectivity index (χ4n) is 0.719. The summed E-state index contributed by atoms with van der Waals surface area (Å²) < 4.78 is 6.92. The van der Waals surface area contributed by atoms with Crippen LogP contribution in [-0.4, -0.2) is 18.4 Å². The van der Waals surface area contributed by atoms with Crippen molar-refractivity contribution in [2.24, 2.45) is 10.8 Å². The van der Waals surface area contributed by atoms with Crippen molar-refractivity contribution in [2.75, 3.05) is 0 Å². The molecule has 0 saturated heterocycles. The van der Waals surface area contributed by atoms with E-state index in [2.05, 4.69) is 71.1 Å². The third kappa shape index (κ3) is 10.2. The minimum atomic E-state index is -2.38. The summed E-state index contributed by atoms with van der Waals surface area (Å²) in [5.41, 5.74) is 0.217. The maximum absolute atomic E-state index is 3.46. The molecule has 0 aromatic rings. The van der Waals surface area contributed by atoms with Crippen molar-refractivity contribution in [3.63, 3.8) is 0 Å². The molecule has 0 aliphatic carbocycles. The second kappa shape index (κ2) is 4.84. The number of hydrogen-bond donors (Lipinski definition) is 0. The summed E-state index contributed by atoms with van der Waals surface area (Å²) in [4.78, 5) is 4.57. The van der Waals surface area contributed by atoms with Crippen molar-refractivity contribution in [1.82, 2.24) is 0 Å². The molecule has 0 radical (unpaired) electrons. The van der Waals surface area contributed by atoms with Crippen molar-refractivity contribution in [3.05, 3.63) is 0 Å². The van der Waals surface area contributed by atoms with Gasteiger partial charge in [0.25, 0.3) is 0 Å². The molecule has 0 aliphatic rings. The van der Waals surface area contributed by atoms with E-state index in [1.165, 1.54) is 0 Å². The van der Waals surface area contributed by atoms with Gasteiger partial charge in [-0.05, 0) is 0 Å². The van der Waals surface area contributed by atoms with E-state index in [0.717, 1.165) is 0 Å². The zero-order valence-electron chi connectivity index (χ0n) is 11.5. The second-order valence-electron chi connectivity index (χ2n) is 6.62. The van der Waals surface area contributed by atoms with Crippen LogP contribution in [0.3, 0.4) is 0 Å². The minimum absolute atomic E-state index is 0.109. The fraction of sp³-hybridized carbons (Fsp3) is 0.714. The molecular formula is C14H24Sn. The first-order chi connectivity index (χ1) is 6.41. The van der Waals surface area contributed by atoms with Crippen LogP contribution < -0.4 is 0 Å². The van der Waals surface area contributed by atoms with Crippen LogP contribution in [-0.2, 0) is 0 Å². The molecule has 0 aliphatic heterocycles. The SMILES string of the molecule is CC(C)(C)C#[C][Sn]([CH3])([CH3])[C]#CC(C)(C)C. The molecule has 0 atom stereocenters. The number of rotatable bonds is 0. The van der Waals surface area contributed by atoms with Gasteiger partial charge in [0.1, 0.15) is 0 Å². The van der Waals surface area contributed by atoms with E-state index < -0.39 is 18.4 Å². The summed E-state index contributed by atoms with van der Waals surface area (Å²) in [6, 6.07) is 0. The monoisotopic (exact) mass is 312 g/mol. The Morgan fingerprint density at radius 3 is 1.13 bits per heavy atom. The Morgan fingerprint density at radius 1 is 0.667 bits per heavy atom. The van der Waals surface area contributed by atoms with E-state index >= 15 is 0 Å². The molecule has 0 heterocycles. The summed E-state index contributed by atoms with van der Waals surface area (Å²) in [6.07, 6.45) is 0. The molecule has 0 amide bonds. The third-order valence-corrected chi connectivity index (χ3v) is 5.78. The molecule has 0 fully saturated rings. The fourth-order valence-corrected chi connectivity index (χ4v) is 4.82. The van der Waals surface area contributed by atoms with Gasteiger partial charge < -0.3 is 0 Å². The van der Waals surface area contributed by atoms with Gasteiger partial charge >= 0.3 is 100 Å². The van der Waals surface area contributed by atoms with Gasteiger partial charge in [-0.3, -0.25) is 0 Å². The van der Waals surface area contributed by atoms with Gasteiger partial charge in [-0.15, -0.1) is 0 Å². The van der Waals surface area contributed by atoms with Crippen LogP contribution >= 0.6 is 0 Å². The molecular weight excluding hydrogens is 287 g/mol. The Morgan fingerprint density at radius 2 is 0.933 bits per heavy atom. The first kappa shape index (κ1) is 14.9. The van der Waals surface area contributed by atoms with E-state index in [0.29, 0.717) is 0 Å². The molecule has 0 nitrogen and oxygen atoms in total. The summed E-state index contributed by atoms with van der Waals surface area (Å²) >= 11 is -2.38. The van der Waals surface area contributed by atoms with Crippen LogP contribution in [0.25, 0.3) is 0 Å². The Hall–Kier alpha value is -0.0813. The van der Waals surface area contributed by atoms with E-state index in [1.807, 2.05) is 0 Å². The van der Waals surface area contributed by atoms with Gasteiger partial charge in [0.05, 0.1) is 0 Å². The van der Waals surface area contributed by atoms with Crippen molar-refractivity contribution in [3.8, 4) is 19.7 Å². The molecule has 0 spiro atoms. The van der Waals surface area contributed by atoms with Crippen molar-refractivity contribution < 1.29 is 0 Å². The molecule has 0 N–H and O–H groups in total. The predicted octanol–water partition coefficient (Wildman–Crippen LogP) is 3.87. The molecule has 0 aromatic heterocycles. The van der Waals surface area contributed by atoms with Crippen LogP contribution in [0.5, 0.6) is 0 Å². The van der Waals surface area contributed by atoms with Crippen LogP contribution in [0.4, 0.5) is 0 Å². The summed E-state index contributed by atoms with van der Waals surface area (Å²) in [5, 5.41) is 0. The molecule has 0 saturated carbocycles. The molecule has 15 heavy (non-hydrogen) atoms. The summed E-state index contributed by atoms with van der Waals surface area (Å²) in [5.74, 6) is 6.68. The maximum atomic E-state index is 3.46. The summed E-state index contributed by atoms with van der Waals surface area (Å²) in [7, 11) is 0. The standard InChI is InChI=1S/2C6H9.2CH3.Sn/c2*1-5-6(2,3)4;;;/h2*2-4H3;2*1H3;. The van der Waals surface area contributed by atoms with Gasteiger partial charge in [0.2, 0.25) is 0 Å². The molecule has 84 valence electrons. The molecule has 0 aromatic carbocycles. The zero-order valence-corrected chi connectivity index (χ0v) is 14.4. The van der Waals surface area contributed by atoms with Crippen molar-refractivity contribution >= 4 is 18.4 Å². The van der Waals surface area contributed by atoms with E-state index in [4.69, 9.17) is 0 Å². The Labute approximate surface area is 100 Å². The van der Waals surface area contributed by atoms with Crippen molar-refractivity contribution in [1.29, 1.82) is 0 Å². The molecule has 0 bridgehead atoms. The first-order valence-corrected chi connectivity index (χ1v) is 14.1. The van der Waals surface area contributed by atoms with Crippen molar-refractivity contribution in [2.45, 2.75) is 51.4 Å². The average molecular weight is 311 g/mol. The van der Waals surface area contributed by atoms with Gasteiger partial charge in [-0.2, -0.15) is 0 Å². The Bertz CT molecular complexity index is 292. The first-order valence-electron chi connectivity index (χ1n) is 5.50. The van der Waals surface area contributed by atoms with Gasteiger partial charge in [0, 0.05) is 0 Å². The molecule has 1 heteroatoms. The zero-order chi connectivity index (χ0) is 12.3. The summed E-state index contributed by atoms with van der Waals surface area (Å²) in [6.45, 7) is 12.9. The van der Waals surface area contributed by atoms with E-state index in [-0.39, 0.29) is 10.8 Å². The third-order valence-electron chi connectivity index (χ3n) is 1.50. The van der Waals surface area contributed by atoms with Crippen LogP contribution in [0.1, 0.15) is 41.5 Å². The van der Waals surface area contributed by atoms with Gasteiger partial charge in [-0.1, -0.05) is 0 Å². The van der Waals surface area contributed by atoms with Gasteiger partial charge in [-0.25, -0.2) is 0 Å². The Kier molecular flexibility index (Phi) is 4.81. The molecule has 0 rings (SSSR count). The normalized spacial score (nSPS) is 12.3. The average Bonchev–Trinajstić information content (AvgIpc) is 1.96.